The van der Waals surface area contributed by atoms with Gasteiger partial charge in [-0.1, -0.05) is 26.3 Å². The molecule has 1 heterocycles. The number of benzene rings is 1. The van der Waals surface area contributed by atoms with Crippen molar-refractivity contribution in [2.75, 3.05) is 5.32 Å². The third-order valence-electron chi connectivity index (χ3n) is 3.60. The molecule has 2 unspecified atom stereocenters. The molecule has 86 valence electrons. The molecule has 0 saturated carbocycles. The van der Waals surface area contributed by atoms with Crippen molar-refractivity contribution >= 4 is 11.6 Å². The Balaban J connectivity index is 2.52. The fourth-order valence-electron chi connectivity index (χ4n) is 2.62. The summed E-state index contributed by atoms with van der Waals surface area (Å²) in [6.45, 7) is 8.45. The molecule has 0 aromatic heterocycles. The molecule has 16 heavy (non-hydrogen) atoms. The molecule has 1 N–H and O–H groups in total. The van der Waals surface area contributed by atoms with Crippen molar-refractivity contribution in [3.8, 4) is 0 Å². The van der Waals surface area contributed by atoms with Gasteiger partial charge >= 0.3 is 0 Å². The zero-order valence-corrected chi connectivity index (χ0v) is 10.4. The first-order chi connectivity index (χ1) is 7.54. The number of hydrogen-bond donors (Lipinski definition) is 1. The second-order valence-corrected chi connectivity index (χ2v) is 4.90. The van der Waals surface area contributed by atoms with Gasteiger partial charge in [0.15, 0.2) is 0 Å². The lowest BCUT2D eigenvalue weighted by atomic mass is 9.84. The van der Waals surface area contributed by atoms with Crippen LogP contribution in [0, 0.1) is 19.8 Å². The summed E-state index contributed by atoms with van der Waals surface area (Å²) in [7, 11) is 0. The summed E-state index contributed by atoms with van der Waals surface area (Å²) in [6.07, 6.45) is 1.03. The van der Waals surface area contributed by atoms with E-state index in [0.29, 0.717) is 5.92 Å². The largest absolute Gasteiger partial charge is 0.325 e. The Bertz CT molecular complexity index is 437. The number of hydrogen-bond acceptors (Lipinski definition) is 1. The quantitative estimate of drug-likeness (QED) is 0.808. The van der Waals surface area contributed by atoms with Gasteiger partial charge in [0.2, 0.25) is 5.91 Å². The molecule has 1 aliphatic heterocycles. The summed E-state index contributed by atoms with van der Waals surface area (Å²) in [5.74, 6) is 0.612. The Morgan fingerprint density at radius 3 is 2.69 bits per heavy atom. The number of fused-ring (bicyclic) bond motifs is 1. The van der Waals surface area contributed by atoms with E-state index in [1.54, 1.807) is 0 Å². The van der Waals surface area contributed by atoms with E-state index in [1.807, 2.05) is 0 Å². The molecule has 2 rings (SSSR count). The molecule has 2 atom stereocenters. The summed E-state index contributed by atoms with van der Waals surface area (Å²) in [6, 6.07) is 4.23. The molecule has 1 aliphatic rings. The molecule has 1 aromatic carbocycles. The normalized spacial score (nSPS) is 20.5. The van der Waals surface area contributed by atoms with Crippen molar-refractivity contribution < 1.29 is 4.79 Å². The standard InChI is InChI=1S/C14H19NO/c1-5-9(3)13-12-10(4)6-8(2)7-11(12)15-14(13)16/h6-7,9,13H,5H2,1-4H3,(H,15,16). The molecule has 0 fully saturated rings. The smallest absolute Gasteiger partial charge is 0.232 e. The first kappa shape index (κ1) is 11.2. The maximum atomic E-state index is 12.0. The van der Waals surface area contributed by atoms with E-state index in [4.69, 9.17) is 0 Å². The fraction of sp³-hybridized carbons (Fsp3) is 0.500. The van der Waals surface area contributed by atoms with Gasteiger partial charge in [-0.15, -0.1) is 0 Å². The molecular formula is C14H19NO. The number of aryl methyl sites for hydroxylation is 2. The van der Waals surface area contributed by atoms with Gasteiger partial charge in [0.25, 0.3) is 0 Å². The second-order valence-electron chi connectivity index (χ2n) is 4.90. The summed E-state index contributed by atoms with van der Waals surface area (Å²) in [4.78, 5) is 12.0. The van der Waals surface area contributed by atoms with Gasteiger partial charge in [-0.05, 0) is 42.5 Å². The van der Waals surface area contributed by atoms with Crippen LogP contribution in [0.4, 0.5) is 5.69 Å². The van der Waals surface area contributed by atoms with E-state index in [9.17, 15) is 4.79 Å². The topological polar surface area (TPSA) is 29.1 Å². The Kier molecular flexibility index (Phi) is 2.75. The highest BCUT2D eigenvalue weighted by Crippen LogP contribution is 2.40. The molecular weight excluding hydrogens is 198 g/mol. The van der Waals surface area contributed by atoms with Gasteiger partial charge in [0.05, 0.1) is 5.92 Å². The monoisotopic (exact) mass is 217 g/mol. The molecule has 0 aliphatic carbocycles. The predicted octanol–water partition coefficient (Wildman–Crippen LogP) is 3.39. The van der Waals surface area contributed by atoms with Crippen LogP contribution < -0.4 is 5.32 Å². The molecule has 0 spiro atoms. The number of amides is 1. The molecule has 2 heteroatoms. The summed E-state index contributed by atoms with van der Waals surface area (Å²) >= 11 is 0. The number of anilines is 1. The number of carbonyl (C=O) groups excluding carboxylic acids is 1. The average molecular weight is 217 g/mol. The van der Waals surface area contributed by atoms with Crippen molar-refractivity contribution in [1.82, 2.24) is 0 Å². The Morgan fingerprint density at radius 1 is 1.38 bits per heavy atom. The van der Waals surface area contributed by atoms with E-state index < -0.39 is 0 Å². The molecule has 0 bridgehead atoms. The number of nitrogens with one attached hydrogen (secondary N) is 1. The highest BCUT2D eigenvalue weighted by Gasteiger charge is 2.35. The van der Waals surface area contributed by atoms with Crippen LogP contribution in [0.25, 0.3) is 0 Å². The average Bonchev–Trinajstić information content (AvgIpc) is 2.53. The van der Waals surface area contributed by atoms with Gasteiger partial charge in [0.1, 0.15) is 0 Å². The maximum Gasteiger partial charge on any atom is 0.232 e. The van der Waals surface area contributed by atoms with Crippen LogP contribution in [-0.2, 0) is 4.79 Å². The zero-order valence-electron chi connectivity index (χ0n) is 10.4. The van der Waals surface area contributed by atoms with Crippen LogP contribution in [0.15, 0.2) is 12.1 Å². The van der Waals surface area contributed by atoms with E-state index in [1.165, 1.54) is 16.7 Å². The summed E-state index contributed by atoms with van der Waals surface area (Å²) < 4.78 is 0. The highest BCUT2D eigenvalue weighted by atomic mass is 16.2. The maximum absolute atomic E-state index is 12.0. The van der Waals surface area contributed by atoms with Crippen molar-refractivity contribution in [3.63, 3.8) is 0 Å². The van der Waals surface area contributed by atoms with Crippen LogP contribution in [0.2, 0.25) is 0 Å². The van der Waals surface area contributed by atoms with Gasteiger partial charge in [0, 0.05) is 5.69 Å². The molecule has 1 amide bonds. The number of carbonyl (C=O) groups is 1. The minimum Gasteiger partial charge on any atom is -0.325 e. The van der Waals surface area contributed by atoms with Crippen LogP contribution in [0.5, 0.6) is 0 Å². The lowest BCUT2D eigenvalue weighted by Gasteiger charge is -2.17. The van der Waals surface area contributed by atoms with Crippen LogP contribution >= 0.6 is 0 Å². The fourth-order valence-corrected chi connectivity index (χ4v) is 2.62. The van der Waals surface area contributed by atoms with Crippen molar-refractivity contribution in [2.45, 2.75) is 40.0 Å². The van der Waals surface area contributed by atoms with Gasteiger partial charge in [-0.2, -0.15) is 0 Å². The van der Waals surface area contributed by atoms with Crippen molar-refractivity contribution in [1.29, 1.82) is 0 Å². The second kappa shape index (κ2) is 3.93. The first-order valence-electron chi connectivity index (χ1n) is 5.96. The third kappa shape index (κ3) is 1.62. The van der Waals surface area contributed by atoms with Crippen LogP contribution in [-0.4, -0.2) is 5.91 Å². The van der Waals surface area contributed by atoms with E-state index >= 15 is 0 Å². The molecule has 0 radical (unpaired) electrons. The van der Waals surface area contributed by atoms with Gasteiger partial charge in [-0.25, -0.2) is 0 Å². The van der Waals surface area contributed by atoms with E-state index in [-0.39, 0.29) is 11.8 Å². The van der Waals surface area contributed by atoms with Crippen LogP contribution in [0.3, 0.4) is 0 Å². The predicted molar refractivity (Wildman–Crippen MR) is 66.7 cm³/mol. The SMILES string of the molecule is CCC(C)C1C(=O)Nc2cc(C)cc(C)c21. The van der Waals surface area contributed by atoms with Crippen LogP contribution in [0.1, 0.15) is 42.9 Å². The Labute approximate surface area is 97.1 Å². The molecule has 1 aromatic rings. The van der Waals surface area contributed by atoms with Gasteiger partial charge in [-0.3, -0.25) is 4.79 Å². The Hall–Kier alpha value is -1.31. The minimum absolute atomic E-state index is 0.0422. The summed E-state index contributed by atoms with van der Waals surface area (Å²) in [5, 5.41) is 3.01. The number of rotatable bonds is 2. The molecule has 2 nitrogen and oxygen atoms in total. The van der Waals surface area contributed by atoms with Crippen molar-refractivity contribution in [3.05, 3.63) is 28.8 Å². The minimum atomic E-state index is 0.0422. The Morgan fingerprint density at radius 2 is 2.06 bits per heavy atom. The summed E-state index contributed by atoms with van der Waals surface area (Å²) in [5.41, 5.74) is 4.68. The van der Waals surface area contributed by atoms with Gasteiger partial charge < -0.3 is 5.32 Å². The third-order valence-corrected chi connectivity index (χ3v) is 3.60. The highest BCUT2D eigenvalue weighted by molar-refractivity contribution is 6.03. The first-order valence-corrected chi connectivity index (χ1v) is 5.96. The lowest BCUT2D eigenvalue weighted by molar-refractivity contribution is -0.118. The van der Waals surface area contributed by atoms with Crippen molar-refractivity contribution in [2.24, 2.45) is 5.92 Å². The lowest BCUT2D eigenvalue weighted by Crippen LogP contribution is -2.18. The zero-order chi connectivity index (χ0) is 11.9. The van der Waals surface area contributed by atoms with E-state index in [2.05, 4.69) is 45.1 Å². The molecule has 0 saturated heterocycles. The van der Waals surface area contributed by atoms with E-state index in [0.717, 1.165) is 12.1 Å².